The van der Waals surface area contributed by atoms with Crippen molar-refractivity contribution in [1.82, 2.24) is 4.90 Å². The van der Waals surface area contributed by atoms with E-state index in [1.165, 1.54) is 0 Å². The van der Waals surface area contributed by atoms with Crippen LogP contribution in [0.2, 0.25) is 0 Å². The van der Waals surface area contributed by atoms with Crippen molar-refractivity contribution in [2.24, 2.45) is 0 Å². The average molecular weight is 427 g/mol. The predicted molar refractivity (Wildman–Crippen MR) is 117 cm³/mol. The Morgan fingerprint density at radius 1 is 1.07 bits per heavy atom. The quantitative estimate of drug-likeness (QED) is 0.718. The molecular weight excluding hydrogens is 400 g/mol. The maximum atomic E-state index is 12.3. The molecule has 0 spiro atoms. The number of morpholine rings is 1. The minimum atomic E-state index is -3.23. The van der Waals surface area contributed by atoms with Crippen LogP contribution < -0.4 is 5.32 Å². The molecule has 1 aliphatic rings. The third-order valence-corrected chi connectivity index (χ3v) is 6.59. The molecule has 0 atom stereocenters. The zero-order valence-corrected chi connectivity index (χ0v) is 17.9. The van der Waals surface area contributed by atoms with Crippen LogP contribution in [0.25, 0.3) is 0 Å². The summed E-state index contributed by atoms with van der Waals surface area (Å²) in [5, 5.41) is 2.85. The summed E-state index contributed by atoms with van der Waals surface area (Å²) in [5.74, 6) is 6.21. The monoisotopic (exact) mass is 426 g/mol. The summed E-state index contributed by atoms with van der Waals surface area (Å²) in [6, 6.07) is 13.9. The molecule has 1 heterocycles. The van der Waals surface area contributed by atoms with Crippen molar-refractivity contribution in [3.05, 3.63) is 59.7 Å². The first-order valence-electron chi connectivity index (χ1n) is 9.97. The molecule has 3 rings (SSSR count). The van der Waals surface area contributed by atoms with E-state index in [0.717, 1.165) is 44.0 Å². The highest BCUT2D eigenvalue weighted by molar-refractivity contribution is 7.91. The van der Waals surface area contributed by atoms with Crippen molar-refractivity contribution in [3.63, 3.8) is 0 Å². The summed E-state index contributed by atoms with van der Waals surface area (Å²) in [6.45, 7) is 5.68. The number of hydrogen-bond donors (Lipinski definition) is 1. The lowest BCUT2D eigenvalue weighted by molar-refractivity contribution is -0.115. The third-order valence-electron chi connectivity index (χ3n) is 4.83. The predicted octanol–water partition coefficient (Wildman–Crippen LogP) is 2.35. The van der Waals surface area contributed by atoms with Crippen LogP contribution in [0.1, 0.15) is 18.1 Å². The van der Waals surface area contributed by atoms with E-state index >= 15 is 0 Å². The molecule has 2 aromatic rings. The molecule has 0 radical (unpaired) electrons. The van der Waals surface area contributed by atoms with Gasteiger partial charge >= 0.3 is 0 Å². The fourth-order valence-electron chi connectivity index (χ4n) is 3.02. The van der Waals surface area contributed by atoms with Gasteiger partial charge in [0.1, 0.15) is 0 Å². The first-order valence-corrected chi connectivity index (χ1v) is 11.6. The van der Waals surface area contributed by atoms with Gasteiger partial charge in [-0.2, -0.15) is 0 Å². The van der Waals surface area contributed by atoms with Gasteiger partial charge in [-0.25, -0.2) is 8.42 Å². The summed E-state index contributed by atoms with van der Waals surface area (Å²) < 4.78 is 29.0. The van der Waals surface area contributed by atoms with Crippen LogP contribution in [0, 0.1) is 11.8 Å². The fourth-order valence-corrected chi connectivity index (χ4v) is 3.91. The second-order valence-corrected chi connectivity index (χ2v) is 9.32. The molecule has 1 fully saturated rings. The van der Waals surface area contributed by atoms with Crippen molar-refractivity contribution in [2.75, 3.05) is 43.9 Å². The van der Waals surface area contributed by atoms with Crippen molar-refractivity contribution in [2.45, 2.75) is 18.2 Å². The number of sulfone groups is 1. The highest BCUT2D eigenvalue weighted by atomic mass is 32.2. The molecule has 158 valence electrons. The Morgan fingerprint density at radius 2 is 1.73 bits per heavy atom. The summed E-state index contributed by atoms with van der Waals surface area (Å²) >= 11 is 0. The molecule has 1 N–H and O–H groups in total. The van der Waals surface area contributed by atoms with E-state index in [4.69, 9.17) is 4.74 Å². The summed E-state index contributed by atoms with van der Waals surface area (Å²) in [5.41, 5.74) is 2.35. The molecule has 0 bridgehead atoms. The average Bonchev–Trinajstić information content (AvgIpc) is 2.76. The number of ether oxygens (including phenoxy) is 1. The lowest BCUT2D eigenvalue weighted by Crippen LogP contribution is -2.36. The molecule has 6 nitrogen and oxygen atoms in total. The highest BCUT2D eigenvalue weighted by Crippen LogP contribution is 2.14. The van der Waals surface area contributed by atoms with Crippen LogP contribution in [0.5, 0.6) is 0 Å². The summed E-state index contributed by atoms with van der Waals surface area (Å²) in [7, 11) is -3.23. The van der Waals surface area contributed by atoms with Gasteiger partial charge in [-0.15, -0.1) is 0 Å². The van der Waals surface area contributed by atoms with Crippen LogP contribution in [0.15, 0.2) is 53.4 Å². The third kappa shape index (κ3) is 6.42. The number of rotatable bonds is 6. The summed E-state index contributed by atoms with van der Waals surface area (Å²) in [6.07, 6.45) is 0.174. The molecule has 1 saturated heterocycles. The van der Waals surface area contributed by atoms with Crippen molar-refractivity contribution >= 4 is 21.4 Å². The number of amides is 1. The fraction of sp³-hybridized carbons (Fsp3) is 0.348. The Labute approximate surface area is 178 Å². The Balaban J connectivity index is 1.51. The Morgan fingerprint density at radius 3 is 2.37 bits per heavy atom. The molecular formula is C23H26N2O4S. The lowest BCUT2D eigenvalue weighted by atomic mass is 10.1. The molecule has 0 unspecified atom stereocenters. The molecule has 7 heteroatoms. The van der Waals surface area contributed by atoms with Gasteiger partial charge in [0, 0.05) is 24.3 Å². The SMILES string of the molecule is CCS(=O)(=O)c1ccc(CC(=O)Nc2ccc(C#CCN3CCOCC3)cc2)cc1. The van der Waals surface area contributed by atoms with E-state index in [1.54, 1.807) is 31.2 Å². The molecule has 30 heavy (non-hydrogen) atoms. The zero-order chi connectivity index (χ0) is 21.4. The van der Waals surface area contributed by atoms with E-state index < -0.39 is 9.84 Å². The number of carbonyl (C=O) groups is 1. The minimum Gasteiger partial charge on any atom is -0.379 e. The van der Waals surface area contributed by atoms with Gasteiger partial charge in [0.2, 0.25) is 5.91 Å². The molecule has 0 saturated carbocycles. The molecule has 0 aliphatic carbocycles. The summed E-state index contributed by atoms with van der Waals surface area (Å²) in [4.78, 5) is 14.8. The van der Waals surface area contributed by atoms with E-state index in [1.807, 2.05) is 24.3 Å². The van der Waals surface area contributed by atoms with Gasteiger partial charge in [0.05, 0.1) is 36.8 Å². The van der Waals surface area contributed by atoms with E-state index in [0.29, 0.717) is 5.69 Å². The van der Waals surface area contributed by atoms with Crippen LogP contribution in [-0.4, -0.2) is 57.8 Å². The molecule has 1 aliphatic heterocycles. The van der Waals surface area contributed by atoms with Gasteiger partial charge < -0.3 is 10.1 Å². The normalized spacial score (nSPS) is 14.6. The molecule has 0 aromatic heterocycles. The first kappa shape index (κ1) is 22.0. The number of nitrogens with zero attached hydrogens (tertiary/aromatic N) is 1. The van der Waals surface area contributed by atoms with Crippen LogP contribution in [0.4, 0.5) is 5.69 Å². The lowest BCUT2D eigenvalue weighted by Gasteiger charge is -2.24. The second-order valence-electron chi connectivity index (χ2n) is 7.04. The standard InChI is InChI=1S/C23H26N2O4S/c1-2-30(27,28)22-11-7-20(8-12-22)18-23(26)24-21-9-5-19(6-10-21)4-3-13-25-14-16-29-17-15-25/h5-12H,2,13-18H2,1H3,(H,24,26). The van der Waals surface area contributed by atoms with Crippen molar-refractivity contribution in [3.8, 4) is 11.8 Å². The van der Waals surface area contributed by atoms with Gasteiger partial charge in [-0.3, -0.25) is 9.69 Å². The van der Waals surface area contributed by atoms with Crippen molar-refractivity contribution in [1.29, 1.82) is 0 Å². The van der Waals surface area contributed by atoms with E-state index in [9.17, 15) is 13.2 Å². The van der Waals surface area contributed by atoms with Crippen LogP contribution in [-0.2, 0) is 25.8 Å². The van der Waals surface area contributed by atoms with Crippen LogP contribution in [0.3, 0.4) is 0 Å². The minimum absolute atomic E-state index is 0.0560. The van der Waals surface area contributed by atoms with Gasteiger partial charge in [0.25, 0.3) is 0 Å². The van der Waals surface area contributed by atoms with E-state index in [-0.39, 0.29) is 23.0 Å². The van der Waals surface area contributed by atoms with Gasteiger partial charge in [-0.05, 0) is 42.0 Å². The van der Waals surface area contributed by atoms with Gasteiger partial charge in [-0.1, -0.05) is 30.9 Å². The number of hydrogen-bond acceptors (Lipinski definition) is 5. The maximum absolute atomic E-state index is 12.3. The number of anilines is 1. The Bertz CT molecular complexity index is 1010. The smallest absolute Gasteiger partial charge is 0.228 e. The molecule has 2 aromatic carbocycles. The number of nitrogens with one attached hydrogen (secondary N) is 1. The second kappa shape index (κ2) is 10.4. The largest absolute Gasteiger partial charge is 0.379 e. The molecule has 1 amide bonds. The Kier molecular flexibility index (Phi) is 7.63. The Hall–Kier alpha value is -2.66. The van der Waals surface area contributed by atoms with Crippen LogP contribution >= 0.6 is 0 Å². The first-order chi connectivity index (χ1) is 14.5. The maximum Gasteiger partial charge on any atom is 0.228 e. The van der Waals surface area contributed by atoms with Crippen molar-refractivity contribution < 1.29 is 17.9 Å². The van der Waals surface area contributed by atoms with E-state index in [2.05, 4.69) is 22.1 Å². The van der Waals surface area contributed by atoms with Gasteiger partial charge in [0.15, 0.2) is 9.84 Å². The number of benzene rings is 2. The zero-order valence-electron chi connectivity index (χ0n) is 17.1. The highest BCUT2D eigenvalue weighted by Gasteiger charge is 2.12. The number of carbonyl (C=O) groups excluding carboxylic acids is 1. The topological polar surface area (TPSA) is 75.7 Å².